The number of hydrogen-bond acceptors (Lipinski definition) is 6. The summed E-state index contributed by atoms with van der Waals surface area (Å²) in [5.41, 5.74) is 5.51. The van der Waals surface area contributed by atoms with Crippen molar-refractivity contribution in [3.63, 3.8) is 0 Å². The van der Waals surface area contributed by atoms with Gasteiger partial charge in [0.05, 0.1) is 5.70 Å². The van der Waals surface area contributed by atoms with Crippen molar-refractivity contribution in [2.75, 3.05) is 24.7 Å². The van der Waals surface area contributed by atoms with Crippen LogP contribution in [-0.4, -0.2) is 36.1 Å². The van der Waals surface area contributed by atoms with Gasteiger partial charge < -0.3 is 4.84 Å². The van der Waals surface area contributed by atoms with Gasteiger partial charge in [-0.15, -0.1) is 16.8 Å². The zero-order valence-corrected chi connectivity index (χ0v) is 16.5. The molecule has 0 aliphatic carbocycles. The van der Waals surface area contributed by atoms with E-state index in [0.717, 1.165) is 34.7 Å². The number of carbonyl (C=O) groups is 1. The summed E-state index contributed by atoms with van der Waals surface area (Å²) in [6, 6.07) is 17.8. The fourth-order valence-electron chi connectivity index (χ4n) is 3.37. The second-order valence-corrected chi connectivity index (χ2v) is 7.73. The molecular formula is C21H23N3O3S. The van der Waals surface area contributed by atoms with Crippen molar-refractivity contribution in [2.24, 2.45) is 0 Å². The van der Waals surface area contributed by atoms with Gasteiger partial charge in [-0.1, -0.05) is 30.3 Å². The number of anilines is 1. The van der Waals surface area contributed by atoms with Crippen molar-refractivity contribution in [3.8, 4) is 0 Å². The van der Waals surface area contributed by atoms with Crippen molar-refractivity contribution >= 4 is 29.2 Å². The number of hydroxylamine groups is 3. The van der Waals surface area contributed by atoms with Gasteiger partial charge in [-0.2, -0.15) is 0 Å². The lowest BCUT2D eigenvalue weighted by Crippen LogP contribution is -2.45. The predicted molar refractivity (Wildman–Crippen MR) is 111 cm³/mol. The van der Waals surface area contributed by atoms with Gasteiger partial charge in [0.15, 0.2) is 0 Å². The van der Waals surface area contributed by atoms with E-state index < -0.39 is 6.09 Å². The molecule has 28 heavy (non-hydrogen) atoms. The molecule has 2 aromatic carbocycles. The molecule has 2 heterocycles. The van der Waals surface area contributed by atoms with E-state index in [9.17, 15) is 4.79 Å². The van der Waals surface area contributed by atoms with Gasteiger partial charge in [-0.25, -0.2) is 4.79 Å². The summed E-state index contributed by atoms with van der Waals surface area (Å²) in [4.78, 5) is 24.6. The summed E-state index contributed by atoms with van der Waals surface area (Å²) < 4.78 is 0. The van der Waals surface area contributed by atoms with Gasteiger partial charge in [-0.3, -0.25) is 15.6 Å². The number of hydrogen-bond donors (Lipinski definition) is 2. The minimum Gasteiger partial charge on any atom is -0.351 e. The highest BCUT2D eigenvalue weighted by Crippen LogP contribution is 2.34. The van der Waals surface area contributed by atoms with Crippen molar-refractivity contribution in [1.29, 1.82) is 0 Å². The Balaban J connectivity index is 1.29. The van der Waals surface area contributed by atoms with Crippen LogP contribution in [0.1, 0.15) is 18.4 Å². The Morgan fingerprint density at radius 2 is 1.86 bits per heavy atom. The van der Waals surface area contributed by atoms with Crippen LogP contribution in [0.4, 0.5) is 10.5 Å². The summed E-state index contributed by atoms with van der Waals surface area (Å²) in [5, 5.41) is 4.45. The molecule has 0 unspecified atom stereocenters. The molecule has 1 spiro atoms. The maximum atomic E-state index is 12.1. The molecule has 0 aromatic heterocycles. The molecule has 1 saturated heterocycles. The summed E-state index contributed by atoms with van der Waals surface area (Å²) in [6.07, 6.45) is 5.17. The normalized spacial score (nSPS) is 18.4. The maximum Gasteiger partial charge on any atom is 0.430 e. The first kappa shape index (κ1) is 18.9. The lowest BCUT2D eigenvalue weighted by molar-refractivity contribution is -0.153. The van der Waals surface area contributed by atoms with Gasteiger partial charge >= 0.3 is 6.09 Å². The van der Waals surface area contributed by atoms with E-state index in [1.807, 2.05) is 48.7 Å². The van der Waals surface area contributed by atoms with Crippen LogP contribution >= 0.6 is 11.8 Å². The van der Waals surface area contributed by atoms with E-state index in [1.54, 1.807) is 16.8 Å². The standard InChI is InChI=1S/C21H23N3O3S/c1-28-18-9-7-17(8-10-18)22-20(25)26-24-13-11-21(12-14-24)15-19(23-27-21)16-5-3-2-4-6-16/h2-10,15,23H,11-14H2,1H3,(H,22,25). The first-order valence-corrected chi connectivity index (χ1v) is 10.5. The molecule has 2 aliphatic heterocycles. The Morgan fingerprint density at radius 1 is 1.14 bits per heavy atom. The summed E-state index contributed by atoms with van der Waals surface area (Å²) in [7, 11) is 0. The van der Waals surface area contributed by atoms with Gasteiger partial charge in [-0.05, 0) is 55.0 Å². The highest BCUT2D eigenvalue weighted by Gasteiger charge is 2.39. The monoisotopic (exact) mass is 397 g/mol. The molecule has 1 amide bonds. The summed E-state index contributed by atoms with van der Waals surface area (Å²) >= 11 is 1.66. The number of nitrogens with zero attached hydrogens (tertiary/aromatic N) is 1. The molecule has 0 bridgehead atoms. The maximum absolute atomic E-state index is 12.1. The van der Waals surface area contributed by atoms with Crippen LogP contribution in [0.5, 0.6) is 0 Å². The highest BCUT2D eigenvalue weighted by atomic mass is 32.2. The van der Waals surface area contributed by atoms with Crippen molar-refractivity contribution < 1.29 is 14.5 Å². The molecule has 2 aliphatic rings. The Labute approximate surface area is 168 Å². The molecule has 0 atom stereocenters. The molecule has 1 fully saturated rings. The van der Waals surface area contributed by atoms with Crippen molar-refractivity contribution in [1.82, 2.24) is 10.5 Å². The summed E-state index contributed by atoms with van der Waals surface area (Å²) in [6.45, 7) is 1.22. The molecule has 0 radical (unpaired) electrons. The average Bonchev–Trinajstić information content (AvgIpc) is 3.15. The number of thioether (sulfide) groups is 1. The predicted octanol–water partition coefficient (Wildman–Crippen LogP) is 4.28. The van der Waals surface area contributed by atoms with Crippen LogP contribution < -0.4 is 10.8 Å². The fourth-order valence-corrected chi connectivity index (χ4v) is 3.78. The van der Waals surface area contributed by atoms with Crippen LogP contribution in [0.2, 0.25) is 0 Å². The quantitative estimate of drug-likeness (QED) is 0.751. The van der Waals surface area contributed by atoms with Gasteiger partial charge in [0.25, 0.3) is 0 Å². The van der Waals surface area contributed by atoms with Crippen molar-refractivity contribution in [2.45, 2.75) is 23.3 Å². The average molecular weight is 398 g/mol. The Hall–Kier alpha value is -2.48. The molecule has 7 heteroatoms. The SMILES string of the molecule is CSc1ccc(NC(=O)ON2CCC3(C=C(c4ccccc4)NO3)CC2)cc1. The largest absolute Gasteiger partial charge is 0.430 e. The van der Waals surface area contributed by atoms with E-state index in [1.165, 1.54) is 0 Å². The minimum absolute atomic E-state index is 0.352. The smallest absolute Gasteiger partial charge is 0.351 e. The number of carbonyl (C=O) groups excluding carboxylic acids is 1. The Kier molecular flexibility index (Phi) is 5.57. The zero-order valence-electron chi connectivity index (χ0n) is 15.7. The van der Waals surface area contributed by atoms with E-state index in [-0.39, 0.29) is 5.60 Å². The number of piperidine rings is 1. The first-order chi connectivity index (χ1) is 13.7. The van der Waals surface area contributed by atoms with Crippen LogP contribution in [-0.2, 0) is 9.68 Å². The van der Waals surface area contributed by atoms with Gasteiger partial charge in [0, 0.05) is 23.7 Å². The van der Waals surface area contributed by atoms with Crippen LogP contribution in [0.3, 0.4) is 0 Å². The number of amides is 1. The van der Waals surface area contributed by atoms with E-state index in [0.29, 0.717) is 13.1 Å². The third-order valence-electron chi connectivity index (χ3n) is 4.97. The van der Waals surface area contributed by atoms with Gasteiger partial charge in [0.1, 0.15) is 5.60 Å². The number of nitrogens with one attached hydrogen (secondary N) is 2. The topological polar surface area (TPSA) is 62.8 Å². The fraction of sp³-hybridized carbons (Fsp3) is 0.286. The first-order valence-electron chi connectivity index (χ1n) is 9.26. The number of rotatable bonds is 4. The van der Waals surface area contributed by atoms with E-state index >= 15 is 0 Å². The molecule has 2 N–H and O–H groups in total. The molecule has 4 rings (SSSR count). The molecule has 6 nitrogen and oxygen atoms in total. The molecule has 2 aromatic rings. The second-order valence-electron chi connectivity index (χ2n) is 6.85. The third kappa shape index (κ3) is 4.32. The van der Waals surface area contributed by atoms with Crippen LogP contribution in [0.15, 0.2) is 65.6 Å². The van der Waals surface area contributed by atoms with Gasteiger partial charge in [0.2, 0.25) is 0 Å². The Bertz CT molecular complexity index is 847. The minimum atomic E-state index is -0.473. The van der Waals surface area contributed by atoms with E-state index in [4.69, 9.17) is 9.68 Å². The van der Waals surface area contributed by atoms with E-state index in [2.05, 4.69) is 29.0 Å². The lowest BCUT2D eigenvalue weighted by atomic mass is 9.91. The lowest BCUT2D eigenvalue weighted by Gasteiger charge is -2.35. The Morgan fingerprint density at radius 3 is 2.54 bits per heavy atom. The zero-order chi connectivity index (χ0) is 19.4. The second kappa shape index (κ2) is 8.26. The highest BCUT2D eigenvalue weighted by molar-refractivity contribution is 7.98. The van der Waals surface area contributed by atoms with Crippen molar-refractivity contribution in [3.05, 3.63) is 66.2 Å². The molecular weight excluding hydrogens is 374 g/mol. The third-order valence-corrected chi connectivity index (χ3v) is 5.72. The molecule has 0 saturated carbocycles. The molecule has 146 valence electrons. The summed E-state index contributed by atoms with van der Waals surface area (Å²) in [5.74, 6) is 0. The van der Waals surface area contributed by atoms with Crippen LogP contribution in [0.25, 0.3) is 5.70 Å². The van der Waals surface area contributed by atoms with Crippen LogP contribution in [0, 0.1) is 0 Å². The number of benzene rings is 2.